The lowest BCUT2D eigenvalue weighted by Crippen LogP contribution is -2.36. The van der Waals surface area contributed by atoms with Gasteiger partial charge in [0, 0.05) is 44.5 Å². The number of anilines is 1. The summed E-state index contributed by atoms with van der Waals surface area (Å²) >= 11 is 0. The first-order valence-electron chi connectivity index (χ1n) is 11.7. The molecule has 0 N–H and O–H groups in total. The molecule has 2 aliphatic rings. The van der Waals surface area contributed by atoms with Gasteiger partial charge in [0.25, 0.3) is 5.91 Å². The van der Waals surface area contributed by atoms with Gasteiger partial charge in [0.1, 0.15) is 5.76 Å². The Balaban J connectivity index is 1.25. The van der Waals surface area contributed by atoms with Crippen LogP contribution in [0.3, 0.4) is 0 Å². The minimum absolute atomic E-state index is 0.0930. The van der Waals surface area contributed by atoms with Crippen LogP contribution in [0, 0.1) is 0 Å². The largest absolute Gasteiger partial charge is 0.467 e. The highest BCUT2D eigenvalue weighted by Gasteiger charge is 2.29. The Kier molecular flexibility index (Phi) is 5.99. The van der Waals surface area contributed by atoms with Crippen LogP contribution in [-0.2, 0) is 19.5 Å². The van der Waals surface area contributed by atoms with Gasteiger partial charge in [0.05, 0.1) is 18.4 Å². The van der Waals surface area contributed by atoms with Crippen LogP contribution in [-0.4, -0.2) is 47.9 Å². The zero-order valence-corrected chi connectivity index (χ0v) is 18.7. The molecule has 3 aromatic rings. The van der Waals surface area contributed by atoms with Crippen molar-refractivity contribution in [2.24, 2.45) is 0 Å². The second-order valence-electron chi connectivity index (χ2n) is 8.97. The molecule has 1 aromatic heterocycles. The molecule has 5 nitrogen and oxygen atoms in total. The summed E-state index contributed by atoms with van der Waals surface area (Å²) in [5, 5.41) is 0. The summed E-state index contributed by atoms with van der Waals surface area (Å²) in [7, 11) is 0. The maximum absolute atomic E-state index is 13.4. The first-order valence-corrected chi connectivity index (χ1v) is 11.7. The number of benzene rings is 2. The van der Waals surface area contributed by atoms with Gasteiger partial charge in [-0.3, -0.25) is 9.69 Å². The third-order valence-corrected chi connectivity index (χ3v) is 6.76. The van der Waals surface area contributed by atoms with Gasteiger partial charge in [-0.1, -0.05) is 48.5 Å². The van der Waals surface area contributed by atoms with E-state index >= 15 is 0 Å². The molecule has 0 aliphatic carbocycles. The van der Waals surface area contributed by atoms with Gasteiger partial charge in [0.15, 0.2) is 0 Å². The van der Waals surface area contributed by atoms with E-state index in [1.54, 1.807) is 6.26 Å². The van der Waals surface area contributed by atoms with Crippen LogP contribution in [0.1, 0.15) is 40.6 Å². The molecule has 0 saturated carbocycles. The van der Waals surface area contributed by atoms with E-state index in [1.807, 2.05) is 11.0 Å². The first-order chi connectivity index (χ1) is 15.7. The summed E-state index contributed by atoms with van der Waals surface area (Å²) in [5.41, 5.74) is 4.65. The lowest BCUT2D eigenvalue weighted by Gasteiger charge is -2.25. The van der Waals surface area contributed by atoms with Crippen LogP contribution >= 0.6 is 0 Å². The number of carbonyl (C=O) groups excluding carboxylic acids is 1. The van der Waals surface area contributed by atoms with Crippen molar-refractivity contribution in [3.63, 3.8) is 0 Å². The third kappa shape index (κ3) is 4.30. The van der Waals surface area contributed by atoms with E-state index < -0.39 is 0 Å². The van der Waals surface area contributed by atoms with Crippen molar-refractivity contribution < 1.29 is 9.21 Å². The van der Waals surface area contributed by atoms with Crippen LogP contribution < -0.4 is 4.90 Å². The molecule has 0 bridgehead atoms. The summed E-state index contributed by atoms with van der Waals surface area (Å²) in [6.07, 6.45) is 3.68. The van der Waals surface area contributed by atoms with Gasteiger partial charge >= 0.3 is 0 Å². The predicted molar refractivity (Wildman–Crippen MR) is 127 cm³/mol. The van der Waals surface area contributed by atoms with Gasteiger partial charge in [-0.15, -0.1) is 0 Å². The van der Waals surface area contributed by atoms with E-state index in [9.17, 15) is 4.79 Å². The average Bonchev–Trinajstić information content (AvgIpc) is 3.32. The fourth-order valence-corrected chi connectivity index (χ4v) is 5.02. The van der Waals surface area contributed by atoms with Gasteiger partial charge in [-0.25, -0.2) is 0 Å². The molecule has 166 valence electrons. The maximum atomic E-state index is 13.4. The van der Waals surface area contributed by atoms with E-state index in [0.717, 1.165) is 51.3 Å². The molecule has 1 amide bonds. The number of hydrogen-bond donors (Lipinski definition) is 0. The SMILES string of the molecule is CC1Cc2ccccc2N1Cc1occc1C(=O)N1CCCN(Cc2ccccc2)CC1. The summed E-state index contributed by atoms with van der Waals surface area (Å²) < 4.78 is 5.83. The number of nitrogens with zero attached hydrogens (tertiary/aromatic N) is 3. The Bertz CT molecular complexity index is 1060. The van der Waals surface area contributed by atoms with Crippen LogP contribution in [0.15, 0.2) is 71.3 Å². The molecular weight excluding hydrogens is 398 g/mol. The fourth-order valence-electron chi connectivity index (χ4n) is 5.02. The van der Waals surface area contributed by atoms with Crippen LogP contribution in [0.5, 0.6) is 0 Å². The van der Waals surface area contributed by atoms with Crippen LogP contribution in [0.2, 0.25) is 0 Å². The van der Waals surface area contributed by atoms with Crippen molar-refractivity contribution in [1.82, 2.24) is 9.80 Å². The second-order valence-corrected chi connectivity index (χ2v) is 8.97. The molecular formula is C27H31N3O2. The van der Waals surface area contributed by atoms with Crippen molar-refractivity contribution in [2.45, 2.75) is 38.9 Å². The lowest BCUT2D eigenvalue weighted by molar-refractivity contribution is 0.0758. The van der Waals surface area contributed by atoms with Gasteiger partial charge < -0.3 is 14.2 Å². The second kappa shape index (κ2) is 9.21. The quantitative estimate of drug-likeness (QED) is 0.595. The average molecular weight is 430 g/mol. The van der Waals surface area contributed by atoms with E-state index in [-0.39, 0.29) is 5.91 Å². The molecule has 0 spiro atoms. The molecule has 1 fully saturated rings. The Morgan fingerprint density at radius 2 is 1.75 bits per heavy atom. The minimum atomic E-state index is 0.0930. The Hall–Kier alpha value is -3.05. The number of carbonyl (C=O) groups is 1. The summed E-state index contributed by atoms with van der Waals surface area (Å²) in [4.78, 5) is 20.2. The van der Waals surface area contributed by atoms with Crippen molar-refractivity contribution in [1.29, 1.82) is 0 Å². The van der Waals surface area contributed by atoms with Crippen molar-refractivity contribution in [2.75, 3.05) is 31.1 Å². The predicted octanol–water partition coefficient (Wildman–Crippen LogP) is 4.58. The molecule has 1 atom stereocenters. The van der Waals surface area contributed by atoms with Crippen molar-refractivity contribution in [3.05, 3.63) is 89.4 Å². The zero-order valence-electron chi connectivity index (χ0n) is 18.7. The summed E-state index contributed by atoms with van der Waals surface area (Å²) in [6, 6.07) is 21.3. The van der Waals surface area contributed by atoms with Crippen LogP contribution in [0.4, 0.5) is 5.69 Å². The number of rotatable bonds is 5. The smallest absolute Gasteiger partial charge is 0.257 e. The number of amides is 1. The Morgan fingerprint density at radius 1 is 0.938 bits per heavy atom. The third-order valence-electron chi connectivity index (χ3n) is 6.76. The normalized spacial score (nSPS) is 19.1. The highest BCUT2D eigenvalue weighted by atomic mass is 16.3. The molecule has 1 unspecified atom stereocenters. The first kappa shape index (κ1) is 20.8. The van der Waals surface area contributed by atoms with Gasteiger partial charge in [-0.05, 0) is 43.0 Å². The van der Waals surface area contributed by atoms with E-state index in [1.165, 1.54) is 16.8 Å². The van der Waals surface area contributed by atoms with Crippen LogP contribution in [0.25, 0.3) is 0 Å². The fraction of sp³-hybridized carbons (Fsp3) is 0.370. The molecule has 2 aliphatic heterocycles. The van der Waals surface area contributed by atoms with Gasteiger partial charge in [-0.2, -0.15) is 0 Å². The van der Waals surface area contributed by atoms with Crippen molar-refractivity contribution >= 4 is 11.6 Å². The lowest BCUT2D eigenvalue weighted by atomic mass is 10.1. The topological polar surface area (TPSA) is 39.9 Å². The van der Waals surface area contributed by atoms with Gasteiger partial charge in [0.2, 0.25) is 0 Å². The monoisotopic (exact) mass is 429 g/mol. The number of hydrogen-bond acceptors (Lipinski definition) is 4. The Morgan fingerprint density at radius 3 is 2.62 bits per heavy atom. The number of furan rings is 1. The molecule has 1 saturated heterocycles. The zero-order chi connectivity index (χ0) is 21.9. The summed E-state index contributed by atoms with van der Waals surface area (Å²) in [5.74, 6) is 0.861. The molecule has 5 rings (SSSR count). The molecule has 0 radical (unpaired) electrons. The molecule has 3 heterocycles. The number of fused-ring (bicyclic) bond motifs is 1. The highest BCUT2D eigenvalue weighted by molar-refractivity contribution is 5.95. The molecule has 5 heteroatoms. The summed E-state index contributed by atoms with van der Waals surface area (Å²) in [6.45, 7) is 7.24. The van der Waals surface area contributed by atoms with Crippen molar-refractivity contribution in [3.8, 4) is 0 Å². The van der Waals surface area contributed by atoms with E-state index in [4.69, 9.17) is 4.42 Å². The van der Waals surface area contributed by atoms with E-state index in [0.29, 0.717) is 18.2 Å². The number of para-hydroxylation sites is 1. The maximum Gasteiger partial charge on any atom is 0.257 e. The highest BCUT2D eigenvalue weighted by Crippen LogP contribution is 2.33. The molecule has 2 aromatic carbocycles. The standard InChI is InChI=1S/C27H31N3O2/c1-21-18-23-10-5-6-11-25(23)30(21)20-26-24(12-17-32-26)27(31)29-14-7-13-28(15-16-29)19-22-8-3-2-4-9-22/h2-6,8-12,17,21H,7,13-16,18-20H2,1H3. The molecule has 32 heavy (non-hydrogen) atoms. The van der Waals surface area contributed by atoms with E-state index in [2.05, 4.69) is 71.3 Å². The minimum Gasteiger partial charge on any atom is -0.467 e. The Labute approximate surface area is 190 Å².